The van der Waals surface area contributed by atoms with E-state index in [1.807, 2.05) is 0 Å². The fraction of sp³-hybridized carbons (Fsp3) is 1.00. The molecule has 0 aromatic carbocycles. The third-order valence-electron chi connectivity index (χ3n) is 2.67. The summed E-state index contributed by atoms with van der Waals surface area (Å²) >= 11 is 0. The molecule has 1 N–H and O–H groups in total. The first-order valence-electron chi connectivity index (χ1n) is 5.97. The minimum atomic E-state index is -4.23. The van der Waals surface area contributed by atoms with Gasteiger partial charge in [0, 0.05) is 25.8 Å². The minimum Gasteiger partial charge on any atom is -0.377 e. The van der Waals surface area contributed by atoms with Crippen LogP contribution in [0.1, 0.15) is 26.2 Å². The van der Waals surface area contributed by atoms with E-state index in [0.717, 1.165) is 19.4 Å². The van der Waals surface area contributed by atoms with Gasteiger partial charge in [-0.05, 0) is 26.2 Å². The monoisotopic (exact) mass is 255 g/mol. The fourth-order valence-electron chi connectivity index (χ4n) is 1.71. The van der Waals surface area contributed by atoms with Gasteiger partial charge >= 0.3 is 6.18 Å². The molecule has 1 rings (SSSR count). The number of hydrogen-bond donors (Lipinski definition) is 1. The zero-order valence-electron chi connectivity index (χ0n) is 10.1. The van der Waals surface area contributed by atoms with E-state index in [2.05, 4.69) is 17.0 Å². The summed E-state index contributed by atoms with van der Waals surface area (Å²) in [5.74, 6) is 0. The first kappa shape index (κ1) is 14.7. The number of halogens is 3. The summed E-state index contributed by atoms with van der Waals surface area (Å²) in [7, 11) is 0. The van der Waals surface area contributed by atoms with Gasteiger partial charge in [0.1, 0.15) is 6.61 Å². The molecular formula is C11H20F3NO2. The highest BCUT2D eigenvalue weighted by Crippen LogP contribution is 2.14. The van der Waals surface area contributed by atoms with E-state index in [0.29, 0.717) is 19.1 Å². The standard InChI is InChI=1S/C11H20F3NO2/c1-9-3-4-10(7-15-9)17-6-2-5-16-8-11(12,13)14/h9-10,15H,2-8H2,1H3. The molecule has 1 saturated heterocycles. The van der Waals surface area contributed by atoms with Gasteiger partial charge in [-0.25, -0.2) is 0 Å². The van der Waals surface area contributed by atoms with Crippen LogP contribution in [0.5, 0.6) is 0 Å². The maximum absolute atomic E-state index is 11.7. The number of nitrogens with one attached hydrogen (secondary N) is 1. The van der Waals surface area contributed by atoms with Crippen LogP contribution in [0, 0.1) is 0 Å². The van der Waals surface area contributed by atoms with Gasteiger partial charge in [0.05, 0.1) is 6.10 Å². The summed E-state index contributed by atoms with van der Waals surface area (Å²) in [5.41, 5.74) is 0. The molecule has 3 nitrogen and oxygen atoms in total. The average molecular weight is 255 g/mol. The van der Waals surface area contributed by atoms with Gasteiger partial charge in [-0.2, -0.15) is 13.2 Å². The van der Waals surface area contributed by atoms with Crippen molar-refractivity contribution < 1.29 is 22.6 Å². The van der Waals surface area contributed by atoms with Crippen molar-refractivity contribution in [2.45, 2.75) is 44.5 Å². The van der Waals surface area contributed by atoms with Crippen molar-refractivity contribution in [1.82, 2.24) is 5.32 Å². The summed E-state index contributed by atoms with van der Waals surface area (Å²) in [6, 6.07) is 0.532. The lowest BCUT2D eigenvalue weighted by Crippen LogP contribution is -2.41. The van der Waals surface area contributed by atoms with Crippen molar-refractivity contribution in [2.75, 3.05) is 26.4 Å². The molecule has 0 bridgehead atoms. The Hall–Kier alpha value is -0.330. The van der Waals surface area contributed by atoms with Crippen molar-refractivity contribution in [3.63, 3.8) is 0 Å². The van der Waals surface area contributed by atoms with E-state index >= 15 is 0 Å². The Labute approximate surface area is 99.7 Å². The zero-order valence-corrected chi connectivity index (χ0v) is 10.1. The first-order valence-corrected chi connectivity index (χ1v) is 5.97. The molecule has 2 atom stereocenters. The molecule has 0 spiro atoms. The molecular weight excluding hydrogens is 235 g/mol. The highest BCUT2D eigenvalue weighted by atomic mass is 19.4. The van der Waals surface area contributed by atoms with Gasteiger partial charge in [-0.15, -0.1) is 0 Å². The lowest BCUT2D eigenvalue weighted by atomic mass is 10.0. The van der Waals surface area contributed by atoms with E-state index in [4.69, 9.17) is 4.74 Å². The second-order valence-electron chi connectivity index (χ2n) is 4.40. The maximum atomic E-state index is 11.7. The predicted molar refractivity (Wildman–Crippen MR) is 57.9 cm³/mol. The Morgan fingerprint density at radius 2 is 2.00 bits per heavy atom. The summed E-state index contributed by atoms with van der Waals surface area (Å²) in [4.78, 5) is 0. The second kappa shape index (κ2) is 7.18. The van der Waals surface area contributed by atoms with Crippen LogP contribution in [0.2, 0.25) is 0 Å². The lowest BCUT2D eigenvalue weighted by Gasteiger charge is -2.27. The number of piperidine rings is 1. The molecule has 102 valence electrons. The molecule has 0 saturated carbocycles. The number of hydrogen-bond acceptors (Lipinski definition) is 3. The molecule has 1 fully saturated rings. The molecule has 0 radical (unpaired) electrons. The smallest absolute Gasteiger partial charge is 0.377 e. The quantitative estimate of drug-likeness (QED) is 0.737. The van der Waals surface area contributed by atoms with Gasteiger partial charge in [0.15, 0.2) is 0 Å². The van der Waals surface area contributed by atoms with Crippen LogP contribution in [0.15, 0.2) is 0 Å². The van der Waals surface area contributed by atoms with E-state index in [1.165, 1.54) is 0 Å². The number of alkyl halides is 3. The first-order chi connectivity index (χ1) is 7.97. The third kappa shape index (κ3) is 7.57. The summed E-state index contributed by atoms with van der Waals surface area (Å²) in [6.07, 6.45) is -1.45. The van der Waals surface area contributed by atoms with Gasteiger partial charge in [-0.3, -0.25) is 0 Å². The van der Waals surface area contributed by atoms with Gasteiger partial charge < -0.3 is 14.8 Å². The van der Waals surface area contributed by atoms with E-state index in [1.54, 1.807) is 0 Å². The predicted octanol–water partition coefficient (Wildman–Crippen LogP) is 2.11. The molecule has 0 aromatic heterocycles. The molecule has 0 aliphatic carbocycles. The van der Waals surface area contributed by atoms with Crippen molar-refractivity contribution in [3.05, 3.63) is 0 Å². The van der Waals surface area contributed by atoms with Crippen LogP contribution in [-0.4, -0.2) is 44.7 Å². The molecule has 0 aromatic rings. The van der Waals surface area contributed by atoms with Crippen molar-refractivity contribution in [1.29, 1.82) is 0 Å². The van der Waals surface area contributed by atoms with Gasteiger partial charge in [0.25, 0.3) is 0 Å². The summed E-state index contributed by atoms with van der Waals surface area (Å²) in [6.45, 7) is 2.33. The minimum absolute atomic E-state index is 0.0933. The molecule has 1 aliphatic rings. The topological polar surface area (TPSA) is 30.5 Å². The fourth-order valence-corrected chi connectivity index (χ4v) is 1.71. The van der Waals surface area contributed by atoms with E-state index in [9.17, 15) is 13.2 Å². The average Bonchev–Trinajstić information content (AvgIpc) is 2.24. The van der Waals surface area contributed by atoms with Crippen LogP contribution in [-0.2, 0) is 9.47 Å². The summed E-state index contributed by atoms with van der Waals surface area (Å²) < 4.78 is 45.2. The SMILES string of the molecule is CC1CCC(OCCCOCC(F)(F)F)CN1. The number of ether oxygens (including phenoxy) is 2. The van der Waals surface area contributed by atoms with Gasteiger partial charge in [-0.1, -0.05) is 0 Å². The lowest BCUT2D eigenvalue weighted by molar-refractivity contribution is -0.174. The Kier molecular flexibility index (Phi) is 6.22. The van der Waals surface area contributed by atoms with Crippen molar-refractivity contribution in [3.8, 4) is 0 Å². The van der Waals surface area contributed by atoms with Crippen molar-refractivity contribution in [2.24, 2.45) is 0 Å². The molecule has 1 aliphatic heterocycles. The Morgan fingerprint density at radius 3 is 2.59 bits per heavy atom. The normalized spacial score (nSPS) is 26.1. The maximum Gasteiger partial charge on any atom is 0.411 e. The molecule has 2 unspecified atom stereocenters. The van der Waals surface area contributed by atoms with Crippen LogP contribution in [0.25, 0.3) is 0 Å². The molecule has 1 heterocycles. The van der Waals surface area contributed by atoms with Crippen LogP contribution in [0.4, 0.5) is 13.2 Å². The Balaban J connectivity index is 1.91. The highest BCUT2D eigenvalue weighted by Gasteiger charge is 2.27. The Bertz CT molecular complexity index is 203. The second-order valence-corrected chi connectivity index (χ2v) is 4.40. The molecule has 6 heteroatoms. The number of rotatable bonds is 6. The molecule has 0 amide bonds. The highest BCUT2D eigenvalue weighted by molar-refractivity contribution is 4.74. The van der Waals surface area contributed by atoms with Crippen molar-refractivity contribution >= 4 is 0 Å². The Morgan fingerprint density at radius 1 is 1.24 bits per heavy atom. The third-order valence-corrected chi connectivity index (χ3v) is 2.67. The van der Waals surface area contributed by atoms with E-state index in [-0.39, 0.29) is 12.7 Å². The van der Waals surface area contributed by atoms with E-state index < -0.39 is 12.8 Å². The zero-order chi connectivity index (χ0) is 12.7. The van der Waals surface area contributed by atoms with Crippen LogP contribution < -0.4 is 5.32 Å². The largest absolute Gasteiger partial charge is 0.411 e. The van der Waals surface area contributed by atoms with Gasteiger partial charge in [0.2, 0.25) is 0 Å². The van der Waals surface area contributed by atoms with Crippen LogP contribution in [0.3, 0.4) is 0 Å². The van der Waals surface area contributed by atoms with Crippen LogP contribution >= 0.6 is 0 Å². The summed E-state index contributed by atoms with van der Waals surface area (Å²) in [5, 5.41) is 3.30. The molecule has 17 heavy (non-hydrogen) atoms.